The van der Waals surface area contributed by atoms with Crippen LogP contribution in [0.1, 0.15) is 5.56 Å². The molecule has 11 heavy (non-hydrogen) atoms. The van der Waals surface area contributed by atoms with E-state index < -0.39 is 0 Å². The lowest BCUT2D eigenvalue weighted by atomic mass is 10.2. The molecule has 55 valence electrons. The van der Waals surface area contributed by atoms with E-state index >= 15 is 0 Å². The molecule has 3 heteroatoms. The van der Waals surface area contributed by atoms with Gasteiger partial charge in [-0.2, -0.15) is 0 Å². The normalized spacial score (nSPS) is 13.1. The molecule has 1 heterocycles. The zero-order valence-corrected chi connectivity index (χ0v) is 5.66. The zero-order valence-electron chi connectivity index (χ0n) is 5.66. The van der Waals surface area contributed by atoms with Crippen molar-refractivity contribution in [3.63, 3.8) is 0 Å². The topological polar surface area (TPSA) is 35.5 Å². The molecule has 0 fully saturated rings. The van der Waals surface area contributed by atoms with Gasteiger partial charge in [0, 0.05) is 0 Å². The van der Waals surface area contributed by atoms with Crippen molar-refractivity contribution >= 4 is 6.29 Å². The van der Waals surface area contributed by atoms with E-state index in [1.807, 2.05) is 0 Å². The first-order valence-electron chi connectivity index (χ1n) is 3.18. The van der Waals surface area contributed by atoms with Crippen molar-refractivity contribution in [1.29, 1.82) is 0 Å². The van der Waals surface area contributed by atoms with E-state index in [4.69, 9.17) is 9.47 Å². The maximum Gasteiger partial charge on any atom is 0.237 e. The number of fused-ring (bicyclic) bond motifs is 1. The van der Waals surface area contributed by atoms with Gasteiger partial charge in [-0.3, -0.25) is 4.79 Å². The Labute approximate surface area is 63.5 Å². The summed E-state index contributed by atoms with van der Waals surface area (Å²) >= 11 is 0. The number of benzene rings is 1. The third kappa shape index (κ3) is 0.852. The molecule has 0 amide bonds. The highest BCUT2D eigenvalue weighted by Crippen LogP contribution is 2.33. The molecule has 1 aliphatic heterocycles. The largest absolute Gasteiger partial charge is 0.454 e. The molecule has 0 atom stereocenters. The first-order valence-corrected chi connectivity index (χ1v) is 3.18. The summed E-state index contributed by atoms with van der Waals surface area (Å²) in [5.74, 6) is 1.12. The van der Waals surface area contributed by atoms with E-state index in [0.717, 1.165) is 0 Å². The second-order valence-corrected chi connectivity index (χ2v) is 2.14. The van der Waals surface area contributed by atoms with Gasteiger partial charge in [0.25, 0.3) is 0 Å². The fraction of sp³-hybridized carbons (Fsp3) is 0.125. The van der Waals surface area contributed by atoms with Crippen LogP contribution in [0.2, 0.25) is 0 Å². The molecule has 0 saturated carbocycles. The number of hydrogen-bond donors (Lipinski definition) is 0. The Kier molecular flexibility index (Phi) is 1.28. The minimum absolute atomic E-state index is 0.189. The number of carbonyl (C=O) groups excluding carboxylic acids is 1. The van der Waals surface area contributed by atoms with Crippen LogP contribution >= 0.6 is 0 Å². The van der Waals surface area contributed by atoms with E-state index in [1.165, 1.54) is 0 Å². The molecule has 1 aliphatic rings. The van der Waals surface area contributed by atoms with Crippen molar-refractivity contribution in [2.24, 2.45) is 0 Å². The first kappa shape index (κ1) is 6.22. The Hall–Kier alpha value is -1.51. The highest BCUT2D eigenvalue weighted by atomic mass is 16.7. The van der Waals surface area contributed by atoms with Crippen molar-refractivity contribution in [2.75, 3.05) is 6.79 Å². The summed E-state index contributed by atoms with van der Waals surface area (Å²) in [6.07, 6.45) is 1.77. The maximum absolute atomic E-state index is 10.3. The molecule has 3 nitrogen and oxygen atoms in total. The van der Waals surface area contributed by atoms with Gasteiger partial charge in [-0.1, -0.05) is 6.07 Å². The van der Waals surface area contributed by atoms with Crippen LogP contribution in [-0.4, -0.2) is 13.1 Å². The van der Waals surface area contributed by atoms with E-state index in [2.05, 4.69) is 0 Å². The summed E-state index contributed by atoms with van der Waals surface area (Å²) in [4.78, 5) is 10.3. The van der Waals surface area contributed by atoms with Crippen molar-refractivity contribution < 1.29 is 14.3 Å². The molecule has 0 spiro atoms. The minimum Gasteiger partial charge on any atom is -0.454 e. The second kappa shape index (κ2) is 2.27. The SMILES string of the molecule is O=[C]c1cccc2c1OCO2. The van der Waals surface area contributed by atoms with Gasteiger partial charge in [-0.15, -0.1) is 0 Å². The van der Waals surface area contributed by atoms with Gasteiger partial charge in [0.1, 0.15) is 0 Å². The molecule has 0 aromatic heterocycles. The Morgan fingerprint density at radius 3 is 3.09 bits per heavy atom. The first-order chi connectivity index (χ1) is 5.42. The Balaban J connectivity index is 2.58. The summed E-state index contributed by atoms with van der Waals surface area (Å²) in [7, 11) is 0. The average molecular weight is 149 g/mol. The lowest BCUT2D eigenvalue weighted by molar-refractivity contribution is 0.174. The lowest BCUT2D eigenvalue weighted by Crippen LogP contribution is -1.94. The third-order valence-corrected chi connectivity index (χ3v) is 1.51. The summed E-state index contributed by atoms with van der Waals surface area (Å²) in [6, 6.07) is 5.12. The molecule has 0 saturated heterocycles. The van der Waals surface area contributed by atoms with Gasteiger partial charge in [-0.25, -0.2) is 0 Å². The van der Waals surface area contributed by atoms with Crippen LogP contribution in [0.15, 0.2) is 18.2 Å². The van der Waals surface area contributed by atoms with Crippen molar-refractivity contribution in [3.05, 3.63) is 23.8 Å². The third-order valence-electron chi connectivity index (χ3n) is 1.51. The highest BCUT2D eigenvalue weighted by molar-refractivity contribution is 5.81. The predicted octanol–water partition coefficient (Wildman–Crippen LogP) is 0.873. The number of hydrogen-bond acceptors (Lipinski definition) is 3. The average Bonchev–Trinajstić information content (AvgIpc) is 2.50. The summed E-state index contributed by atoms with van der Waals surface area (Å²) in [6.45, 7) is 0.189. The number of rotatable bonds is 1. The Morgan fingerprint density at radius 2 is 2.27 bits per heavy atom. The standard InChI is InChI=1S/C8H5O3/c9-4-6-2-1-3-7-8(6)11-5-10-7/h1-3H,5H2. The van der Waals surface area contributed by atoms with Gasteiger partial charge in [0.2, 0.25) is 13.1 Å². The van der Waals surface area contributed by atoms with Crippen LogP contribution in [0, 0.1) is 0 Å². The van der Waals surface area contributed by atoms with Gasteiger partial charge in [0.15, 0.2) is 11.5 Å². The fourth-order valence-corrected chi connectivity index (χ4v) is 1.01. The molecule has 0 bridgehead atoms. The number of para-hydroxylation sites is 1. The van der Waals surface area contributed by atoms with Crippen LogP contribution in [-0.2, 0) is 4.79 Å². The fourth-order valence-electron chi connectivity index (χ4n) is 1.01. The van der Waals surface area contributed by atoms with Crippen LogP contribution < -0.4 is 9.47 Å². The smallest absolute Gasteiger partial charge is 0.237 e. The quantitative estimate of drug-likeness (QED) is 0.594. The minimum atomic E-state index is 0.189. The summed E-state index contributed by atoms with van der Waals surface area (Å²) < 4.78 is 10.1. The highest BCUT2D eigenvalue weighted by Gasteiger charge is 2.16. The van der Waals surface area contributed by atoms with E-state index in [1.54, 1.807) is 24.5 Å². The summed E-state index contributed by atoms with van der Waals surface area (Å²) in [5.41, 5.74) is 0.417. The van der Waals surface area contributed by atoms with Crippen molar-refractivity contribution in [3.8, 4) is 11.5 Å². The van der Waals surface area contributed by atoms with Gasteiger partial charge < -0.3 is 9.47 Å². The van der Waals surface area contributed by atoms with Gasteiger partial charge in [0.05, 0.1) is 5.56 Å². The number of ether oxygens (including phenoxy) is 2. The van der Waals surface area contributed by atoms with Crippen LogP contribution in [0.25, 0.3) is 0 Å². The molecule has 0 unspecified atom stereocenters. The maximum atomic E-state index is 10.3. The van der Waals surface area contributed by atoms with Gasteiger partial charge in [-0.05, 0) is 12.1 Å². The van der Waals surface area contributed by atoms with E-state index in [-0.39, 0.29) is 6.79 Å². The molecule has 0 N–H and O–H groups in total. The lowest BCUT2D eigenvalue weighted by Gasteiger charge is -1.95. The molecule has 1 aromatic rings. The zero-order chi connectivity index (χ0) is 7.68. The predicted molar refractivity (Wildman–Crippen MR) is 37.4 cm³/mol. The molecule has 0 aliphatic carbocycles. The van der Waals surface area contributed by atoms with Gasteiger partial charge >= 0.3 is 0 Å². The van der Waals surface area contributed by atoms with E-state index in [9.17, 15) is 4.79 Å². The Bertz CT molecular complexity index is 293. The second-order valence-electron chi connectivity index (χ2n) is 2.14. The molecule has 1 radical (unpaired) electrons. The monoisotopic (exact) mass is 149 g/mol. The molecule has 1 aromatic carbocycles. The van der Waals surface area contributed by atoms with Crippen LogP contribution in [0.5, 0.6) is 11.5 Å². The van der Waals surface area contributed by atoms with E-state index in [0.29, 0.717) is 17.1 Å². The Morgan fingerprint density at radius 1 is 1.36 bits per heavy atom. The van der Waals surface area contributed by atoms with Crippen molar-refractivity contribution in [1.82, 2.24) is 0 Å². The van der Waals surface area contributed by atoms with Crippen LogP contribution in [0.3, 0.4) is 0 Å². The molecular weight excluding hydrogens is 144 g/mol. The summed E-state index contributed by atoms with van der Waals surface area (Å²) in [5, 5.41) is 0. The molecular formula is C8H5O3. The van der Waals surface area contributed by atoms with Crippen LogP contribution in [0.4, 0.5) is 0 Å². The molecule has 2 rings (SSSR count). The van der Waals surface area contributed by atoms with Crippen molar-refractivity contribution in [2.45, 2.75) is 0 Å².